The van der Waals surface area contributed by atoms with Crippen molar-refractivity contribution >= 4 is 38.9 Å². The van der Waals surface area contributed by atoms with Crippen molar-refractivity contribution < 1.29 is 4.79 Å². The molecule has 5 nitrogen and oxygen atoms in total. The zero-order valence-corrected chi connectivity index (χ0v) is 12.4. The topological polar surface area (TPSA) is 74.8 Å². The van der Waals surface area contributed by atoms with Crippen molar-refractivity contribution in [1.29, 1.82) is 0 Å². The number of aromatic amines is 1. The molecule has 7 heteroatoms. The third-order valence-electron chi connectivity index (χ3n) is 2.45. The molecule has 0 aliphatic heterocycles. The molecule has 0 saturated carbocycles. The van der Waals surface area contributed by atoms with Crippen LogP contribution < -0.4 is 10.7 Å². The van der Waals surface area contributed by atoms with Gasteiger partial charge in [-0.05, 0) is 28.8 Å². The van der Waals surface area contributed by atoms with E-state index in [2.05, 4.69) is 31.2 Å². The van der Waals surface area contributed by atoms with Gasteiger partial charge in [0.1, 0.15) is 5.69 Å². The molecule has 2 aromatic heterocycles. The molecule has 1 amide bonds. The predicted molar refractivity (Wildman–Crippen MR) is 78.4 cm³/mol. The normalized spacial score (nSPS) is 10.4. The summed E-state index contributed by atoms with van der Waals surface area (Å²) in [5.41, 5.74) is 0.0284. The molecule has 0 aliphatic rings. The molecular weight excluding hydrogens is 330 g/mol. The summed E-state index contributed by atoms with van der Waals surface area (Å²) in [5, 5.41) is 5.54. The van der Waals surface area contributed by atoms with Gasteiger partial charge >= 0.3 is 0 Å². The van der Waals surface area contributed by atoms with E-state index in [1.54, 1.807) is 17.5 Å². The Bertz CT molecular complexity index is 610. The second-order valence-corrected chi connectivity index (χ2v) is 5.71. The minimum absolute atomic E-state index is 0.167. The van der Waals surface area contributed by atoms with Crippen LogP contribution in [0.25, 0.3) is 0 Å². The second-order valence-electron chi connectivity index (χ2n) is 3.87. The fourth-order valence-corrected chi connectivity index (χ4v) is 2.55. The van der Waals surface area contributed by atoms with Crippen LogP contribution in [0.1, 0.15) is 17.8 Å². The van der Waals surface area contributed by atoms with Crippen LogP contribution in [0, 0.1) is 0 Å². The van der Waals surface area contributed by atoms with Crippen LogP contribution >= 0.6 is 27.3 Å². The number of thiazole rings is 1. The number of aromatic nitrogens is 2. The van der Waals surface area contributed by atoms with E-state index in [1.165, 1.54) is 12.4 Å². The zero-order chi connectivity index (χ0) is 13.7. The first-order valence-corrected chi connectivity index (χ1v) is 7.39. The van der Waals surface area contributed by atoms with Crippen LogP contribution in [0.15, 0.2) is 33.2 Å². The van der Waals surface area contributed by atoms with Gasteiger partial charge in [0, 0.05) is 30.4 Å². The summed E-state index contributed by atoms with van der Waals surface area (Å²) in [7, 11) is 0. The molecule has 0 radical (unpaired) electrons. The number of H-pyrrole nitrogens is 1. The Morgan fingerprint density at radius 2 is 2.32 bits per heavy atom. The quantitative estimate of drug-likeness (QED) is 0.877. The van der Waals surface area contributed by atoms with E-state index in [0.29, 0.717) is 17.3 Å². The monoisotopic (exact) mass is 341 g/mol. The Balaban J connectivity index is 1.84. The van der Waals surface area contributed by atoms with Crippen LogP contribution in [0.2, 0.25) is 0 Å². The van der Waals surface area contributed by atoms with E-state index < -0.39 is 0 Å². The van der Waals surface area contributed by atoms with E-state index >= 15 is 0 Å². The predicted octanol–water partition coefficient (Wildman–Crippen LogP) is 2.56. The number of halogens is 1. The van der Waals surface area contributed by atoms with Gasteiger partial charge in [-0.25, -0.2) is 4.98 Å². The Kier molecular flexibility index (Phi) is 4.86. The average Bonchev–Trinajstić information content (AvgIpc) is 2.88. The lowest BCUT2D eigenvalue weighted by Crippen LogP contribution is -2.18. The Morgan fingerprint density at radius 1 is 1.47 bits per heavy atom. The van der Waals surface area contributed by atoms with Gasteiger partial charge in [0.2, 0.25) is 11.3 Å². The van der Waals surface area contributed by atoms with Crippen molar-refractivity contribution in [3.63, 3.8) is 0 Å². The number of hydrogen-bond acceptors (Lipinski definition) is 4. The van der Waals surface area contributed by atoms with Crippen LogP contribution in [0.3, 0.4) is 0 Å². The molecule has 0 aliphatic carbocycles. The van der Waals surface area contributed by atoms with Crippen LogP contribution in [0.5, 0.6) is 0 Å². The standard InChI is InChI=1S/C12H12BrN3O2S/c13-8-6-14-7-9(12(8)18)16-10(17)2-1-3-11-15-4-5-19-11/h4-7H,1-3H2,(H,14,18)(H,16,17). The molecule has 0 unspecified atom stereocenters. The number of carbonyl (C=O) groups excluding carboxylic acids is 1. The molecule has 0 saturated heterocycles. The highest BCUT2D eigenvalue weighted by atomic mass is 79.9. The number of amides is 1. The fraction of sp³-hybridized carbons (Fsp3) is 0.250. The van der Waals surface area contributed by atoms with Crippen LogP contribution in [0.4, 0.5) is 5.69 Å². The maximum Gasteiger partial charge on any atom is 0.224 e. The number of nitrogens with one attached hydrogen (secondary N) is 2. The highest BCUT2D eigenvalue weighted by molar-refractivity contribution is 9.10. The molecule has 100 valence electrons. The Labute approximate surface area is 122 Å². The van der Waals surface area contributed by atoms with Gasteiger partial charge in [-0.3, -0.25) is 9.59 Å². The van der Waals surface area contributed by atoms with Crippen LogP contribution in [-0.4, -0.2) is 15.9 Å². The third kappa shape index (κ3) is 4.00. The van der Waals surface area contributed by atoms with E-state index in [1.807, 2.05) is 5.38 Å². The molecule has 0 spiro atoms. The minimum atomic E-state index is -0.230. The van der Waals surface area contributed by atoms with E-state index in [9.17, 15) is 9.59 Å². The van der Waals surface area contributed by atoms with Crippen molar-refractivity contribution in [1.82, 2.24) is 9.97 Å². The molecule has 2 aromatic rings. The molecule has 0 fully saturated rings. The number of rotatable bonds is 5. The largest absolute Gasteiger partial charge is 0.365 e. The number of pyridine rings is 1. The molecular formula is C12H12BrN3O2S. The lowest BCUT2D eigenvalue weighted by atomic mass is 10.2. The molecule has 2 heterocycles. The van der Waals surface area contributed by atoms with Gasteiger partial charge < -0.3 is 10.3 Å². The van der Waals surface area contributed by atoms with Gasteiger partial charge in [0.15, 0.2) is 0 Å². The molecule has 2 rings (SSSR count). The zero-order valence-electron chi connectivity index (χ0n) is 9.98. The van der Waals surface area contributed by atoms with Gasteiger partial charge in [-0.15, -0.1) is 11.3 Å². The number of carbonyl (C=O) groups is 1. The molecule has 0 atom stereocenters. The molecule has 2 N–H and O–H groups in total. The first-order valence-electron chi connectivity index (χ1n) is 5.71. The smallest absolute Gasteiger partial charge is 0.224 e. The van der Waals surface area contributed by atoms with Crippen molar-refractivity contribution in [2.24, 2.45) is 0 Å². The fourth-order valence-electron chi connectivity index (χ4n) is 1.54. The summed E-state index contributed by atoms with van der Waals surface area (Å²) in [6, 6.07) is 0. The Morgan fingerprint density at radius 3 is 3.05 bits per heavy atom. The summed E-state index contributed by atoms with van der Waals surface area (Å²) in [4.78, 5) is 30.3. The molecule has 19 heavy (non-hydrogen) atoms. The van der Waals surface area contributed by atoms with Crippen molar-refractivity contribution in [3.8, 4) is 0 Å². The van der Waals surface area contributed by atoms with Gasteiger partial charge in [0.05, 0.1) is 9.48 Å². The second kappa shape index (κ2) is 6.63. The van der Waals surface area contributed by atoms with Crippen molar-refractivity contribution in [2.45, 2.75) is 19.3 Å². The van der Waals surface area contributed by atoms with E-state index in [4.69, 9.17) is 0 Å². The highest BCUT2D eigenvalue weighted by Crippen LogP contribution is 2.10. The number of aryl methyl sites for hydroxylation is 1. The maximum absolute atomic E-state index is 11.7. The van der Waals surface area contributed by atoms with E-state index in [0.717, 1.165) is 11.4 Å². The summed E-state index contributed by atoms with van der Waals surface area (Å²) in [5.74, 6) is -0.167. The van der Waals surface area contributed by atoms with Gasteiger partial charge in [-0.1, -0.05) is 0 Å². The van der Waals surface area contributed by atoms with Gasteiger partial charge in [-0.2, -0.15) is 0 Å². The lowest BCUT2D eigenvalue weighted by molar-refractivity contribution is -0.116. The SMILES string of the molecule is O=C(CCCc1nccs1)Nc1c[nH]cc(Br)c1=O. The number of hydrogen-bond donors (Lipinski definition) is 2. The Hall–Kier alpha value is -1.47. The third-order valence-corrected chi connectivity index (χ3v) is 3.88. The summed E-state index contributed by atoms with van der Waals surface area (Å²) < 4.78 is 0.396. The first-order chi connectivity index (χ1) is 9.16. The van der Waals surface area contributed by atoms with Crippen molar-refractivity contribution in [2.75, 3.05) is 5.32 Å². The lowest BCUT2D eigenvalue weighted by Gasteiger charge is -2.04. The van der Waals surface area contributed by atoms with Crippen LogP contribution in [-0.2, 0) is 11.2 Å². The summed E-state index contributed by atoms with van der Waals surface area (Å²) in [6.45, 7) is 0. The summed E-state index contributed by atoms with van der Waals surface area (Å²) in [6.07, 6.45) is 6.62. The summed E-state index contributed by atoms with van der Waals surface area (Å²) >= 11 is 4.69. The number of nitrogens with zero attached hydrogens (tertiary/aromatic N) is 1. The maximum atomic E-state index is 11.7. The average molecular weight is 342 g/mol. The minimum Gasteiger partial charge on any atom is -0.365 e. The van der Waals surface area contributed by atoms with Gasteiger partial charge in [0.25, 0.3) is 0 Å². The number of anilines is 1. The van der Waals surface area contributed by atoms with E-state index in [-0.39, 0.29) is 17.0 Å². The highest BCUT2D eigenvalue weighted by Gasteiger charge is 2.07. The molecule has 0 bridgehead atoms. The first kappa shape index (κ1) is 14.0. The molecule has 0 aromatic carbocycles. The van der Waals surface area contributed by atoms with Crippen molar-refractivity contribution in [3.05, 3.63) is 43.7 Å².